The Kier molecular flexibility index (Phi) is 11.3. The summed E-state index contributed by atoms with van der Waals surface area (Å²) < 4.78 is 5.31. The molecular formula is C31H33N3O4S2. The number of alkyl carbamates (subject to hydrolysis) is 1. The average molecular weight is 576 g/mol. The van der Waals surface area contributed by atoms with Crippen LogP contribution in [0.15, 0.2) is 95.7 Å². The highest BCUT2D eigenvalue weighted by Crippen LogP contribution is 2.19. The predicted molar refractivity (Wildman–Crippen MR) is 159 cm³/mol. The molecule has 7 nitrogen and oxygen atoms in total. The Morgan fingerprint density at radius 3 is 2.00 bits per heavy atom. The largest absolute Gasteiger partial charge is 0.450 e. The lowest BCUT2D eigenvalue weighted by Gasteiger charge is -2.27. The first-order chi connectivity index (χ1) is 19.6. The van der Waals surface area contributed by atoms with E-state index >= 15 is 0 Å². The second-order valence-corrected chi connectivity index (χ2v) is 11.3. The summed E-state index contributed by atoms with van der Waals surface area (Å²) in [7, 11) is 0. The van der Waals surface area contributed by atoms with Crippen LogP contribution in [0.25, 0.3) is 0 Å². The van der Waals surface area contributed by atoms with Crippen molar-refractivity contribution in [3.63, 3.8) is 0 Å². The van der Waals surface area contributed by atoms with Gasteiger partial charge in [-0.15, -0.1) is 22.7 Å². The molecule has 0 aliphatic heterocycles. The highest BCUT2D eigenvalue weighted by Gasteiger charge is 2.27. The fourth-order valence-electron chi connectivity index (χ4n) is 4.14. The molecular weight excluding hydrogens is 542 g/mol. The summed E-state index contributed by atoms with van der Waals surface area (Å²) in [5, 5.41) is 9.70. The topological polar surface area (TPSA) is 87.7 Å². The molecule has 0 unspecified atom stereocenters. The number of nitrogens with zero attached hydrogens (tertiary/aromatic N) is 1. The normalized spacial score (nSPS) is 11.4. The molecule has 2 N–H and O–H groups in total. The highest BCUT2D eigenvalue weighted by atomic mass is 32.1. The predicted octanol–water partition coefficient (Wildman–Crippen LogP) is 6.23. The molecule has 0 aliphatic carbocycles. The Bertz CT molecular complexity index is 1280. The van der Waals surface area contributed by atoms with Crippen molar-refractivity contribution in [3.05, 3.63) is 117 Å². The number of ether oxygens (including phenoxy) is 1. The number of carbonyl (C=O) groups is 3. The molecule has 4 aromatic rings. The molecule has 0 aliphatic rings. The minimum Gasteiger partial charge on any atom is -0.450 e. The van der Waals surface area contributed by atoms with Crippen molar-refractivity contribution in [2.75, 3.05) is 6.61 Å². The van der Waals surface area contributed by atoms with Crippen molar-refractivity contribution in [2.24, 2.45) is 0 Å². The van der Waals surface area contributed by atoms with E-state index < -0.39 is 12.1 Å². The van der Waals surface area contributed by atoms with Gasteiger partial charge in [-0.1, -0.05) is 60.7 Å². The summed E-state index contributed by atoms with van der Waals surface area (Å²) in [4.78, 5) is 42.9. The third kappa shape index (κ3) is 9.36. The Hall–Kier alpha value is -3.95. The number of amides is 3. The van der Waals surface area contributed by atoms with Gasteiger partial charge in [-0.05, 0) is 59.9 Å². The van der Waals surface area contributed by atoms with Gasteiger partial charge in [0.25, 0.3) is 5.91 Å². The maximum Gasteiger partial charge on any atom is 0.407 e. The van der Waals surface area contributed by atoms with Crippen LogP contribution < -0.4 is 10.6 Å². The molecule has 2 aromatic heterocycles. The summed E-state index contributed by atoms with van der Waals surface area (Å²) in [6.45, 7) is 1.56. The van der Waals surface area contributed by atoms with Gasteiger partial charge in [0, 0.05) is 21.9 Å². The van der Waals surface area contributed by atoms with Crippen molar-refractivity contribution in [3.8, 4) is 0 Å². The Morgan fingerprint density at radius 1 is 0.775 bits per heavy atom. The van der Waals surface area contributed by atoms with Gasteiger partial charge in [0.15, 0.2) is 0 Å². The first kappa shape index (κ1) is 29.0. The Labute approximate surface area is 242 Å². The van der Waals surface area contributed by atoms with Crippen LogP contribution in [0.1, 0.15) is 44.9 Å². The van der Waals surface area contributed by atoms with Gasteiger partial charge in [0.2, 0.25) is 5.91 Å². The molecule has 0 saturated heterocycles. The summed E-state index contributed by atoms with van der Waals surface area (Å²) in [6, 6.07) is 25.8. The Balaban J connectivity index is 1.35. The monoisotopic (exact) mass is 575 g/mol. The fourth-order valence-corrected chi connectivity index (χ4v) is 5.58. The van der Waals surface area contributed by atoms with E-state index in [4.69, 9.17) is 4.74 Å². The van der Waals surface area contributed by atoms with Gasteiger partial charge >= 0.3 is 6.09 Å². The number of hydrogen-bond donors (Lipinski definition) is 2. The molecule has 0 spiro atoms. The molecule has 9 heteroatoms. The van der Waals surface area contributed by atoms with E-state index in [1.807, 2.05) is 71.4 Å². The SMILES string of the molecule is O=C(NCc1ccccc1)OCCCC[C@H](NC(=O)c1ccccc1)C(=O)N(Cc1cccs1)Cc1cccs1. The summed E-state index contributed by atoms with van der Waals surface area (Å²) >= 11 is 3.20. The average Bonchev–Trinajstić information content (AvgIpc) is 3.70. The highest BCUT2D eigenvalue weighted by molar-refractivity contribution is 7.10. The quantitative estimate of drug-likeness (QED) is 0.174. The molecule has 2 heterocycles. The first-order valence-electron chi connectivity index (χ1n) is 13.2. The van der Waals surface area contributed by atoms with Crippen LogP contribution in [0, 0.1) is 0 Å². The van der Waals surface area contributed by atoms with E-state index in [0.29, 0.717) is 44.5 Å². The lowest BCUT2D eigenvalue weighted by molar-refractivity contribution is -0.134. The van der Waals surface area contributed by atoms with Crippen LogP contribution in [0.5, 0.6) is 0 Å². The van der Waals surface area contributed by atoms with Crippen molar-refractivity contribution < 1.29 is 19.1 Å². The zero-order valence-corrected chi connectivity index (χ0v) is 23.8. The first-order valence-corrected chi connectivity index (χ1v) is 15.0. The molecule has 3 amide bonds. The van der Waals surface area contributed by atoms with Gasteiger partial charge in [0.05, 0.1) is 19.7 Å². The zero-order valence-electron chi connectivity index (χ0n) is 22.2. The second-order valence-electron chi connectivity index (χ2n) is 9.22. The van der Waals surface area contributed by atoms with Crippen LogP contribution in [-0.4, -0.2) is 35.5 Å². The molecule has 4 rings (SSSR count). The second kappa shape index (κ2) is 15.6. The zero-order chi connectivity index (χ0) is 28.0. The van der Waals surface area contributed by atoms with Crippen molar-refractivity contribution in [1.29, 1.82) is 0 Å². The van der Waals surface area contributed by atoms with Gasteiger partial charge in [-0.25, -0.2) is 4.79 Å². The summed E-state index contributed by atoms with van der Waals surface area (Å²) in [6.07, 6.45) is 1.12. The minimum absolute atomic E-state index is 0.132. The smallest absolute Gasteiger partial charge is 0.407 e. The standard InChI is InChI=1S/C31H33N3O4S2/c35-29(25-13-5-2-6-14-25)33-28(17-7-8-18-38-31(37)32-21-24-11-3-1-4-12-24)30(36)34(22-26-15-9-19-39-26)23-27-16-10-20-40-27/h1-6,9-16,19-20,28H,7-8,17-18,21-23H2,(H,32,37)(H,33,35)/t28-/m0/s1. The number of benzene rings is 2. The lowest BCUT2D eigenvalue weighted by Crippen LogP contribution is -2.48. The number of hydrogen-bond acceptors (Lipinski definition) is 6. The van der Waals surface area contributed by atoms with Crippen LogP contribution in [0.3, 0.4) is 0 Å². The third-order valence-electron chi connectivity index (χ3n) is 6.20. The number of nitrogens with one attached hydrogen (secondary N) is 2. The van der Waals surface area contributed by atoms with E-state index in [1.54, 1.807) is 51.8 Å². The van der Waals surface area contributed by atoms with Crippen LogP contribution >= 0.6 is 22.7 Å². The van der Waals surface area contributed by atoms with Crippen LogP contribution in [0.4, 0.5) is 4.79 Å². The maximum atomic E-state index is 13.9. The van der Waals surface area contributed by atoms with Crippen molar-refractivity contribution >= 4 is 40.6 Å². The molecule has 40 heavy (non-hydrogen) atoms. The number of rotatable bonds is 14. The van der Waals surface area contributed by atoms with E-state index in [-0.39, 0.29) is 18.4 Å². The van der Waals surface area contributed by atoms with E-state index in [0.717, 1.165) is 15.3 Å². The van der Waals surface area contributed by atoms with Gasteiger partial charge in [-0.2, -0.15) is 0 Å². The summed E-state index contributed by atoms with van der Waals surface area (Å²) in [5.41, 5.74) is 1.49. The van der Waals surface area contributed by atoms with E-state index in [1.165, 1.54) is 0 Å². The molecule has 0 fully saturated rings. The van der Waals surface area contributed by atoms with Gasteiger partial charge in [0.1, 0.15) is 6.04 Å². The molecule has 2 aromatic carbocycles. The number of carbonyl (C=O) groups excluding carboxylic acids is 3. The Morgan fingerprint density at radius 2 is 1.40 bits per heavy atom. The van der Waals surface area contributed by atoms with E-state index in [9.17, 15) is 14.4 Å². The van der Waals surface area contributed by atoms with Gasteiger partial charge in [-0.3, -0.25) is 9.59 Å². The maximum absolute atomic E-state index is 13.9. The lowest BCUT2D eigenvalue weighted by atomic mass is 10.1. The minimum atomic E-state index is -0.709. The molecule has 0 radical (unpaired) electrons. The summed E-state index contributed by atoms with van der Waals surface area (Å²) in [5.74, 6) is -0.421. The van der Waals surface area contributed by atoms with Crippen molar-refractivity contribution in [2.45, 2.75) is 44.9 Å². The molecule has 0 bridgehead atoms. The van der Waals surface area contributed by atoms with Crippen molar-refractivity contribution in [1.82, 2.24) is 15.5 Å². The van der Waals surface area contributed by atoms with E-state index in [2.05, 4.69) is 10.6 Å². The number of unbranched alkanes of at least 4 members (excludes halogenated alkanes) is 1. The number of thiophene rings is 2. The van der Waals surface area contributed by atoms with Crippen LogP contribution in [-0.2, 0) is 29.2 Å². The molecule has 1 atom stereocenters. The fraction of sp³-hybridized carbons (Fsp3) is 0.258. The molecule has 0 saturated carbocycles. The van der Waals surface area contributed by atoms with Crippen LogP contribution in [0.2, 0.25) is 0 Å². The third-order valence-corrected chi connectivity index (χ3v) is 7.93. The van der Waals surface area contributed by atoms with Gasteiger partial charge < -0.3 is 20.3 Å². The molecule has 208 valence electrons.